The van der Waals surface area contributed by atoms with Gasteiger partial charge in [0.05, 0.1) is 6.04 Å². The summed E-state index contributed by atoms with van der Waals surface area (Å²) in [6.45, 7) is 6.33. The standard InChI is InChI=1S/C13H17N3S/c1-4-12-14-15-13(17)16(12)10(3)11-7-5-9(2)6-8-11/h5-8,10H,4H2,1-3H3,(H,15,17). The summed E-state index contributed by atoms with van der Waals surface area (Å²) in [7, 11) is 0. The van der Waals surface area contributed by atoms with Crippen molar-refractivity contribution in [3.05, 3.63) is 46.0 Å². The van der Waals surface area contributed by atoms with Gasteiger partial charge in [-0.1, -0.05) is 36.8 Å². The topological polar surface area (TPSA) is 33.6 Å². The third-order valence-corrected chi connectivity index (χ3v) is 3.33. The van der Waals surface area contributed by atoms with Crippen molar-refractivity contribution in [2.45, 2.75) is 33.2 Å². The van der Waals surface area contributed by atoms with Crippen molar-refractivity contribution in [3.8, 4) is 0 Å². The van der Waals surface area contributed by atoms with Gasteiger partial charge < -0.3 is 0 Å². The number of nitrogens with zero attached hydrogens (tertiary/aromatic N) is 2. The highest BCUT2D eigenvalue weighted by molar-refractivity contribution is 7.71. The van der Waals surface area contributed by atoms with Gasteiger partial charge in [-0.15, -0.1) is 0 Å². The minimum atomic E-state index is 0.219. The Bertz CT molecular complexity index is 551. The van der Waals surface area contributed by atoms with E-state index >= 15 is 0 Å². The number of aromatic amines is 1. The van der Waals surface area contributed by atoms with Crippen LogP contribution in [0.5, 0.6) is 0 Å². The average molecular weight is 247 g/mol. The third-order valence-electron chi connectivity index (χ3n) is 3.04. The fraction of sp³-hybridized carbons (Fsp3) is 0.385. The molecule has 0 saturated heterocycles. The van der Waals surface area contributed by atoms with E-state index in [4.69, 9.17) is 12.2 Å². The molecule has 0 saturated carbocycles. The van der Waals surface area contributed by atoms with E-state index in [2.05, 4.69) is 59.8 Å². The molecule has 0 aliphatic carbocycles. The van der Waals surface area contributed by atoms with Crippen molar-refractivity contribution in [2.24, 2.45) is 0 Å². The van der Waals surface area contributed by atoms with Crippen LogP contribution in [0.3, 0.4) is 0 Å². The van der Waals surface area contributed by atoms with Gasteiger partial charge in [-0.3, -0.25) is 9.67 Å². The first-order valence-corrected chi connectivity index (χ1v) is 6.26. The zero-order valence-electron chi connectivity index (χ0n) is 10.4. The number of benzene rings is 1. The molecule has 0 amide bonds. The number of hydrogen-bond donors (Lipinski definition) is 1. The Kier molecular flexibility index (Phi) is 3.43. The zero-order chi connectivity index (χ0) is 12.4. The van der Waals surface area contributed by atoms with Crippen molar-refractivity contribution >= 4 is 12.2 Å². The van der Waals surface area contributed by atoms with E-state index in [0.717, 1.165) is 12.2 Å². The molecular formula is C13H17N3S. The first kappa shape index (κ1) is 12.0. The molecule has 90 valence electrons. The SMILES string of the molecule is CCc1n[nH]c(=S)n1C(C)c1ccc(C)cc1. The van der Waals surface area contributed by atoms with E-state index in [1.165, 1.54) is 11.1 Å². The van der Waals surface area contributed by atoms with Crippen LogP contribution in [0, 0.1) is 11.7 Å². The largest absolute Gasteiger partial charge is 0.297 e. The molecule has 0 aliphatic heterocycles. The van der Waals surface area contributed by atoms with Gasteiger partial charge in [0.25, 0.3) is 0 Å². The molecule has 1 unspecified atom stereocenters. The van der Waals surface area contributed by atoms with Gasteiger partial charge in [-0.2, -0.15) is 5.10 Å². The molecule has 2 rings (SSSR count). The van der Waals surface area contributed by atoms with E-state index < -0.39 is 0 Å². The third kappa shape index (κ3) is 2.31. The van der Waals surface area contributed by atoms with Crippen molar-refractivity contribution in [3.63, 3.8) is 0 Å². The summed E-state index contributed by atoms with van der Waals surface area (Å²) < 4.78 is 2.77. The number of hydrogen-bond acceptors (Lipinski definition) is 2. The van der Waals surface area contributed by atoms with Gasteiger partial charge in [0, 0.05) is 6.42 Å². The molecule has 2 aromatic rings. The lowest BCUT2D eigenvalue weighted by atomic mass is 10.1. The van der Waals surface area contributed by atoms with E-state index in [1.54, 1.807) is 0 Å². The molecule has 1 atom stereocenters. The highest BCUT2D eigenvalue weighted by Crippen LogP contribution is 2.20. The molecule has 1 aromatic carbocycles. The maximum Gasteiger partial charge on any atom is 0.195 e. The second-order valence-electron chi connectivity index (χ2n) is 4.26. The quantitative estimate of drug-likeness (QED) is 0.843. The molecule has 3 nitrogen and oxygen atoms in total. The van der Waals surface area contributed by atoms with Gasteiger partial charge >= 0.3 is 0 Å². The highest BCUT2D eigenvalue weighted by Gasteiger charge is 2.13. The molecule has 1 aromatic heterocycles. The Balaban J connectivity index is 2.43. The minimum Gasteiger partial charge on any atom is -0.297 e. The monoisotopic (exact) mass is 247 g/mol. The molecule has 0 aliphatic rings. The first-order valence-electron chi connectivity index (χ1n) is 5.85. The van der Waals surface area contributed by atoms with Crippen LogP contribution in [0.1, 0.15) is 36.8 Å². The van der Waals surface area contributed by atoms with Crippen LogP contribution >= 0.6 is 12.2 Å². The molecule has 1 N–H and O–H groups in total. The zero-order valence-corrected chi connectivity index (χ0v) is 11.2. The normalized spacial score (nSPS) is 12.6. The summed E-state index contributed by atoms with van der Waals surface area (Å²) >= 11 is 5.29. The Morgan fingerprint density at radius 2 is 2.00 bits per heavy atom. The summed E-state index contributed by atoms with van der Waals surface area (Å²) in [5.74, 6) is 1.00. The fourth-order valence-corrected chi connectivity index (χ4v) is 2.29. The molecular weight excluding hydrogens is 230 g/mol. The van der Waals surface area contributed by atoms with E-state index in [9.17, 15) is 0 Å². The summed E-state index contributed by atoms with van der Waals surface area (Å²) in [5.41, 5.74) is 2.52. The van der Waals surface area contributed by atoms with Crippen molar-refractivity contribution in [2.75, 3.05) is 0 Å². The lowest BCUT2D eigenvalue weighted by Crippen LogP contribution is -2.10. The lowest BCUT2D eigenvalue weighted by Gasteiger charge is -2.15. The second-order valence-corrected chi connectivity index (χ2v) is 4.64. The maximum absolute atomic E-state index is 5.29. The summed E-state index contributed by atoms with van der Waals surface area (Å²) in [4.78, 5) is 0. The minimum absolute atomic E-state index is 0.219. The lowest BCUT2D eigenvalue weighted by molar-refractivity contribution is 0.598. The van der Waals surface area contributed by atoms with Crippen LogP contribution in [0.15, 0.2) is 24.3 Å². The van der Waals surface area contributed by atoms with E-state index in [0.29, 0.717) is 4.77 Å². The van der Waals surface area contributed by atoms with Crippen molar-refractivity contribution in [1.29, 1.82) is 0 Å². The van der Waals surface area contributed by atoms with Crippen LogP contribution in [0.4, 0.5) is 0 Å². The fourth-order valence-electron chi connectivity index (χ4n) is 1.98. The number of aromatic nitrogens is 3. The number of rotatable bonds is 3. The van der Waals surface area contributed by atoms with Gasteiger partial charge in [-0.25, -0.2) is 0 Å². The van der Waals surface area contributed by atoms with Crippen molar-refractivity contribution in [1.82, 2.24) is 14.8 Å². The van der Waals surface area contributed by atoms with Gasteiger partial charge in [0.2, 0.25) is 0 Å². The number of aryl methyl sites for hydroxylation is 2. The Morgan fingerprint density at radius 3 is 2.59 bits per heavy atom. The van der Waals surface area contributed by atoms with Crippen LogP contribution in [-0.4, -0.2) is 14.8 Å². The highest BCUT2D eigenvalue weighted by atomic mass is 32.1. The summed E-state index contributed by atoms with van der Waals surface area (Å²) in [5, 5.41) is 7.11. The van der Waals surface area contributed by atoms with Crippen LogP contribution < -0.4 is 0 Å². The molecule has 1 heterocycles. The van der Waals surface area contributed by atoms with Gasteiger partial charge in [-0.05, 0) is 31.6 Å². The second kappa shape index (κ2) is 4.84. The number of H-pyrrole nitrogens is 1. The van der Waals surface area contributed by atoms with Crippen LogP contribution in [-0.2, 0) is 6.42 Å². The van der Waals surface area contributed by atoms with Crippen molar-refractivity contribution < 1.29 is 0 Å². The molecule has 0 fully saturated rings. The van der Waals surface area contributed by atoms with Crippen LogP contribution in [0.2, 0.25) is 0 Å². The Morgan fingerprint density at radius 1 is 1.35 bits per heavy atom. The Hall–Kier alpha value is -1.42. The van der Waals surface area contributed by atoms with Gasteiger partial charge in [0.15, 0.2) is 4.77 Å². The summed E-state index contributed by atoms with van der Waals surface area (Å²) in [6.07, 6.45) is 0.878. The summed E-state index contributed by atoms with van der Waals surface area (Å²) in [6, 6.07) is 8.77. The maximum atomic E-state index is 5.29. The molecule has 4 heteroatoms. The van der Waals surface area contributed by atoms with E-state index in [1.807, 2.05) is 0 Å². The van der Waals surface area contributed by atoms with Crippen LogP contribution in [0.25, 0.3) is 0 Å². The Labute approximate surface area is 106 Å². The van der Waals surface area contributed by atoms with E-state index in [-0.39, 0.29) is 6.04 Å². The smallest absolute Gasteiger partial charge is 0.195 e. The predicted octanol–water partition coefficient (Wildman–Crippen LogP) is 3.42. The molecule has 17 heavy (non-hydrogen) atoms. The number of nitrogens with one attached hydrogen (secondary N) is 1. The predicted molar refractivity (Wildman–Crippen MR) is 71.8 cm³/mol. The molecule has 0 radical (unpaired) electrons. The molecule has 0 spiro atoms. The average Bonchev–Trinajstić information content (AvgIpc) is 2.70. The first-order chi connectivity index (χ1) is 8.13. The van der Waals surface area contributed by atoms with Gasteiger partial charge in [0.1, 0.15) is 5.82 Å². The molecule has 0 bridgehead atoms.